The zero-order chi connectivity index (χ0) is 17.3. The van der Waals surface area contributed by atoms with E-state index in [-0.39, 0.29) is 36.6 Å². The Balaban J connectivity index is 1.59. The molecule has 128 valence electrons. The Hall–Kier alpha value is -1.88. The van der Waals surface area contributed by atoms with Gasteiger partial charge in [0.2, 0.25) is 11.8 Å². The van der Waals surface area contributed by atoms with Gasteiger partial charge in [-0.25, -0.2) is 0 Å². The van der Waals surface area contributed by atoms with Crippen LogP contribution in [0, 0.1) is 18.8 Å². The minimum absolute atomic E-state index is 0.0266. The van der Waals surface area contributed by atoms with E-state index in [1.807, 2.05) is 13.0 Å². The van der Waals surface area contributed by atoms with Gasteiger partial charge < -0.3 is 4.74 Å². The molecule has 1 aromatic rings. The standard InChI is InChI=1S/C18H20ClNO4/c1-11-6-7-14(19)15(10-11)24-16(21)8-9-20-17(22)12-4-2-3-5-13(12)18(20)23/h6-7,10,12-13H,2-5,8-9H2,1H3/t12-,13-/m0/s1. The van der Waals surface area contributed by atoms with Crippen LogP contribution in [0.25, 0.3) is 0 Å². The number of likely N-dealkylation sites (tertiary alicyclic amines) is 1. The number of ether oxygens (including phenoxy) is 1. The molecule has 0 N–H and O–H groups in total. The molecule has 2 amide bonds. The lowest BCUT2D eigenvalue weighted by atomic mass is 9.81. The van der Waals surface area contributed by atoms with Crippen LogP contribution in [-0.4, -0.2) is 29.2 Å². The number of imide groups is 1. The van der Waals surface area contributed by atoms with E-state index in [1.165, 1.54) is 4.90 Å². The Bertz CT molecular complexity index is 664. The lowest BCUT2D eigenvalue weighted by molar-refractivity contribution is -0.141. The second-order valence-electron chi connectivity index (χ2n) is 6.48. The number of nitrogens with zero attached hydrogens (tertiary/aromatic N) is 1. The van der Waals surface area contributed by atoms with Crippen molar-refractivity contribution < 1.29 is 19.1 Å². The largest absolute Gasteiger partial charge is 0.425 e. The summed E-state index contributed by atoms with van der Waals surface area (Å²) in [5.41, 5.74) is 0.927. The van der Waals surface area contributed by atoms with Crippen molar-refractivity contribution in [2.24, 2.45) is 11.8 Å². The average Bonchev–Trinajstić information content (AvgIpc) is 2.81. The number of fused-ring (bicyclic) bond motifs is 1. The van der Waals surface area contributed by atoms with Crippen LogP contribution in [-0.2, 0) is 14.4 Å². The fraction of sp³-hybridized carbons (Fsp3) is 0.500. The molecule has 0 spiro atoms. The SMILES string of the molecule is Cc1ccc(Cl)c(OC(=O)CCN2C(=O)[C@H]3CCCC[C@@H]3C2=O)c1. The van der Waals surface area contributed by atoms with Gasteiger partial charge in [-0.05, 0) is 37.5 Å². The Labute approximate surface area is 145 Å². The molecule has 24 heavy (non-hydrogen) atoms. The summed E-state index contributed by atoms with van der Waals surface area (Å²) in [6, 6.07) is 5.17. The number of amides is 2. The number of halogens is 1. The molecule has 0 bridgehead atoms. The van der Waals surface area contributed by atoms with Gasteiger partial charge >= 0.3 is 5.97 Å². The van der Waals surface area contributed by atoms with Crippen LogP contribution >= 0.6 is 11.6 Å². The summed E-state index contributed by atoms with van der Waals surface area (Å²) in [5.74, 6) is -0.841. The quantitative estimate of drug-likeness (QED) is 0.476. The van der Waals surface area contributed by atoms with Crippen molar-refractivity contribution in [1.29, 1.82) is 0 Å². The van der Waals surface area contributed by atoms with Crippen LogP contribution in [0.15, 0.2) is 18.2 Å². The molecular weight excluding hydrogens is 330 g/mol. The van der Waals surface area contributed by atoms with E-state index < -0.39 is 5.97 Å². The van der Waals surface area contributed by atoms with Gasteiger partial charge in [-0.1, -0.05) is 30.5 Å². The molecule has 1 saturated carbocycles. The second-order valence-corrected chi connectivity index (χ2v) is 6.89. The number of aryl methyl sites for hydroxylation is 1. The summed E-state index contributed by atoms with van der Waals surface area (Å²) in [4.78, 5) is 38.0. The van der Waals surface area contributed by atoms with Crippen LogP contribution in [0.1, 0.15) is 37.7 Å². The van der Waals surface area contributed by atoms with E-state index in [1.54, 1.807) is 12.1 Å². The number of benzene rings is 1. The molecule has 2 aliphatic rings. The molecule has 1 aromatic carbocycles. The Kier molecular flexibility index (Phi) is 4.90. The third kappa shape index (κ3) is 3.31. The van der Waals surface area contributed by atoms with E-state index in [4.69, 9.17) is 16.3 Å². The summed E-state index contributed by atoms with van der Waals surface area (Å²) >= 11 is 6.00. The highest BCUT2D eigenvalue weighted by atomic mass is 35.5. The molecule has 1 heterocycles. The number of esters is 1. The first kappa shape index (κ1) is 17.0. The first-order valence-electron chi connectivity index (χ1n) is 8.29. The fourth-order valence-corrected chi connectivity index (χ4v) is 3.67. The van der Waals surface area contributed by atoms with Crippen molar-refractivity contribution in [1.82, 2.24) is 4.90 Å². The molecule has 2 fully saturated rings. The first-order chi connectivity index (χ1) is 11.5. The molecule has 6 heteroatoms. The van der Waals surface area contributed by atoms with Crippen molar-refractivity contribution in [3.8, 4) is 5.75 Å². The summed E-state index contributed by atoms with van der Waals surface area (Å²) in [6.07, 6.45) is 3.50. The van der Waals surface area contributed by atoms with Crippen molar-refractivity contribution >= 4 is 29.4 Å². The van der Waals surface area contributed by atoms with Crippen LogP contribution in [0.2, 0.25) is 5.02 Å². The zero-order valence-electron chi connectivity index (χ0n) is 13.6. The smallest absolute Gasteiger partial charge is 0.313 e. The van der Waals surface area contributed by atoms with Crippen molar-refractivity contribution in [2.45, 2.75) is 39.0 Å². The van der Waals surface area contributed by atoms with Gasteiger partial charge in [-0.15, -0.1) is 0 Å². The maximum Gasteiger partial charge on any atom is 0.313 e. The number of rotatable bonds is 4. The molecule has 0 aromatic heterocycles. The fourth-order valence-electron chi connectivity index (χ4n) is 3.52. The molecule has 0 radical (unpaired) electrons. The van der Waals surface area contributed by atoms with E-state index in [0.717, 1.165) is 31.2 Å². The lowest BCUT2D eigenvalue weighted by Gasteiger charge is -2.19. The monoisotopic (exact) mass is 349 g/mol. The number of hydrogen-bond donors (Lipinski definition) is 0. The third-order valence-electron chi connectivity index (χ3n) is 4.78. The summed E-state index contributed by atoms with van der Waals surface area (Å²) in [5, 5.41) is 0.355. The molecular formula is C18H20ClNO4. The van der Waals surface area contributed by atoms with Crippen LogP contribution < -0.4 is 4.74 Å². The maximum absolute atomic E-state index is 12.4. The predicted molar refractivity (Wildman–Crippen MR) is 88.6 cm³/mol. The van der Waals surface area contributed by atoms with Gasteiger partial charge in [0.1, 0.15) is 5.75 Å². The Morgan fingerprint density at radius 2 is 1.83 bits per heavy atom. The predicted octanol–water partition coefficient (Wildman–Crippen LogP) is 3.12. The van der Waals surface area contributed by atoms with E-state index >= 15 is 0 Å². The molecule has 1 aliphatic heterocycles. The van der Waals surface area contributed by atoms with E-state index in [9.17, 15) is 14.4 Å². The molecule has 3 rings (SSSR count). The molecule has 2 atom stereocenters. The summed E-state index contributed by atoms with van der Waals surface area (Å²) < 4.78 is 5.25. The van der Waals surface area contributed by atoms with Crippen LogP contribution in [0.5, 0.6) is 5.75 Å². The van der Waals surface area contributed by atoms with Crippen molar-refractivity contribution in [2.75, 3.05) is 6.54 Å². The minimum atomic E-state index is -0.502. The van der Waals surface area contributed by atoms with E-state index in [2.05, 4.69) is 0 Å². The highest BCUT2D eigenvalue weighted by molar-refractivity contribution is 6.32. The van der Waals surface area contributed by atoms with Gasteiger partial charge in [0.15, 0.2) is 0 Å². The lowest BCUT2D eigenvalue weighted by Crippen LogP contribution is -2.33. The van der Waals surface area contributed by atoms with Gasteiger partial charge in [-0.3, -0.25) is 19.3 Å². The van der Waals surface area contributed by atoms with Gasteiger partial charge in [-0.2, -0.15) is 0 Å². The van der Waals surface area contributed by atoms with Gasteiger partial charge in [0.25, 0.3) is 0 Å². The van der Waals surface area contributed by atoms with E-state index in [0.29, 0.717) is 10.8 Å². The third-order valence-corrected chi connectivity index (χ3v) is 5.09. The molecule has 1 saturated heterocycles. The van der Waals surface area contributed by atoms with Gasteiger partial charge in [0.05, 0.1) is 23.3 Å². The van der Waals surface area contributed by atoms with Crippen LogP contribution in [0.4, 0.5) is 0 Å². The molecule has 5 nitrogen and oxygen atoms in total. The first-order valence-corrected chi connectivity index (χ1v) is 8.67. The number of hydrogen-bond acceptors (Lipinski definition) is 4. The summed E-state index contributed by atoms with van der Waals surface area (Å²) in [6.45, 7) is 1.95. The number of carbonyl (C=O) groups is 3. The molecule has 0 unspecified atom stereocenters. The van der Waals surface area contributed by atoms with Crippen molar-refractivity contribution in [3.05, 3.63) is 28.8 Å². The highest BCUT2D eigenvalue weighted by Crippen LogP contribution is 2.38. The molecule has 1 aliphatic carbocycles. The van der Waals surface area contributed by atoms with Crippen molar-refractivity contribution in [3.63, 3.8) is 0 Å². The Morgan fingerprint density at radius 1 is 1.21 bits per heavy atom. The highest BCUT2D eigenvalue weighted by Gasteiger charge is 2.47. The zero-order valence-corrected chi connectivity index (χ0v) is 14.3. The van der Waals surface area contributed by atoms with Crippen LogP contribution in [0.3, 0.4) is 0 Å². The minimum Gasteiger partial charge on any atom is -0.425 e. The summed E-state index contributed by atoms with van der Waals surface area (Å²) in [7, 11) is 0. The Morgan fingerprint density at radius 3 is 2.46 bits per heavy atom. The second kappa shape index (κ2) is 6.93. The maximum atomic E-state index is 12.4. The topological polar surface area (TPSA) is 63.7 Å². The van der Waals surface area contributed by atoms with Gasteiger partial charge in [0, 0.05) is 6.54 Å². The number of carbonyl (C=O) groups excluding carboxylic acids is 3. The average molecular weight is 350 g/mol. The normalized spacial score (nSPS) is 23.3.